The first-order valence-electron chi connectivity index (χ1n) is 8.72. The molecule has 0 unspecified atom stereocenters. The van der Waals surface area contributed by atoms with E-state index in [0.29, 0.717) is 11.0 Å². The summed E-state index contributed by atoms with van der Waals surface area (Å²) in [6.45, 7) is 4.36. The lowest BCUT2D eigenvalue weighted by Gasteiger charge is -2.27. The molecular weight excluding hydrogens is 338 g/mol. The lowest BCUT2D eigenvalue weighted by Crippen LogP contribution is -2.41. The Morgan fingerprint density at radius 2 is 1.27 bits per heavy atom. The number of hydrogen-bond acceptors (Lipinski definition) is 2. The third kappa shape index (κ3) is 4.41. The molecule has 0 aliphatic heterocycles. The predicted octanol–water partition coefficient (Wildman–Crippen LogP) is 5.85. The fourth-order valence-corrected chi connectivity index (χ4v) is 3.00. The van der Waals surface area contributed by atoms with Crippen molar-refractivity contribution < 1.29 is 0 Å². The summed E-state index contributed by atoms with van der Waals surface area (Å²) in [6.07, 6.45) is 0. The summed E-state index contributed by atoms with van der Waals surface area (Å²) in [5.74, 6) is 0.417. The molecule has 0 fully saturated rings. The molecule has 0 atom stereocenters. The van der Waals surface area contributed by atoms with Crippen LogP contribution in [0.5, 0.6) is 0 Å². The van der Waals surface area contributed by atoms with E-state index in [0.717, 1.165) is 17.1 Å². The predicted molar refractivity (Wildman–Crippen MR) is 115 cm³/mol. The van der Waals surface area contributed by atoms with Crippen LogP contribution in [0, 0.1) is 0 Å². The second kappa shape index (κ2) is 8.50. The fourth-order valence-electron chi connectivity index (χ4n) is 2.80. The molecule has 0 saturated carbocycles. The maximum Gasteiger partial charge on any atom is 0.190 e. The Hall–Kier alpha value is -2.85. The Labute approximate surface area is 160 Å². The van der Waals surface area contributed by atoms with Crippen molar-refractivity contribution >= 4 is 34.4 Å². The first kappa shape index (κ1) is 18.0. The molecule has 0 spiro atoms. The normalized spacial score (nSPS) is 10.4. The maximum absolute atomic E-state index is 5.59. The highest BCUT2D eigenvalue weighted by Crippen LogP contribution is 2.25. The van der Waals surface area contributed by atoms with Gasteiger partial charge in [0.05, 0.1) is 11.4 Å². The Balaban J connectivity index is 1.83. The van der Waals surface area contributed by atoms with E-state index >= 15 is 0 Å². The van der Waals surface area contributed by atoms with Crippen molar-refractivity contribution in [2.45, 2.75) is 19.8 Å². The number of benzene rings is 3. The Morgan fingerprint density at radius 1 is 0.769 bits per heavy atom. The molecule has 0 bridgehead atoms. The van der Waals surface area contributed by atoms with E-state index < -0.39 is 0 Å². The lowest BCUT2D eigenvalue weighted by atomic mass is 10.0. The zero-order valence-electron chi connectivity index (χ0n) is 15.0. The van der Waals surface area contributed by atoms with Crippen molar-refractivity contribution in [2.75, 3.05) is 10.3 Å². The largest absolute Gasteiger partial charge is 0.331 e. The average molecular weight is 362 g/mol. The molecule has 0 aromatic heterocycles. The van der Waals surface area contributed by atoms with Gasteiger partial charge >= 0.3 is 0 Å². The minimum atomic E-state index is 0.417. The first-order valence-corrected chi connectivity index (χ1v) is 9.13. The van der Waals surface area contributed by atoms with E-state index in [2.05, 4.69) is 42.8 Å². The summed E-state index contributed by atoms with van der Waals surface area (Å²) in [5, 5.41) is 5.87. The monoisotopic (exact) mass is 361 g/mol. The van der Waals surface area contributed by atoms with Crippen LogP contribution in [0.25, 0.3) is 0 Å². The van der Waals surface area contributed by atoms with E-state index in [1.54, 1.807) is 0 Å². The van der Waals surface area contributed by atoms with Gasteiger partial charge in [-0.05, 0) is 54.0 Å². The van der Waals surface area contributed by atoms with Crippen LogP contribution in [0.15, 0.2) is 84.9 Å². The van der Waals surface area contributed by atoms with Crippen LogP contribution >= 0.6 is 12.2 Å². The van der Waals surface area contributed by atoms with E-state index in [9.17, 15) is 0 Å². The second-order valence-electron chi connectivity index (χ2n) is 6.31. The quantitative estimate of drug-likeness (QED) is 0.440. The van der Waals surface area contributed by atoms with Crippen LogP contribution in [0.4, 0.5) is 17.1 Å². The van der Waals surface area contributed by atoms with Gasteiger partial charge in [-0.25, -0.2) is 0 Å². The molecule has 0 radical (unpaired) electrons. The second-order valence-corrected chi connectivity index (χ2v) is 6.72. The summed E-state index contributed by atoms with van der Waals surface area (Å²) in [4.78, 5) is 0. The molecule has 26 heavy (non-hydrogen) atoms. The van der Waals surface area contributed by atoms with E-state index in [1.807, 2.05) is 71.7 Å². The zero-order valence-corrected chi connectivity index (χ0v) is 15.8. The van der Waals surface area contributed by atoms with Gasteiger partial charge in [-0.2, -0.15) is 0 Å². The number of nitrogens with one attached hydrogen (secondary N) is 2. The SMILES string of the molecule is CC(C)c1ccccc1NC(=S)NN(c1ccccc1)c1ccccc1. The van der Waals surface area contributed by atoms with Gasteiger partial charge in [0, 0.05) is 5.69 Å². The van der Waals surface area contributed by atoms with Crippen LogP contribution in [0.3, 0.4) is 0 Å². The molecule has 0 saturated heterocycles. The maximum atomic E-state index is 5.59. The smallest absolute Gasteiger partial charge is 0.190 e. The van der Waals surface area contributed by atoms with Gasteiger partial charge in [0.1, 0.15) is 0 Å². The van der Waals surface area contributed by atoms with Crippen LogP contribution in [0.1, 0.15) is 25.3 Å². The topological polar surface area (TPSA) is 27.3 Å². The molecule has 3 aromatic rings. The first-order chi connectivity index (χ1) is 12.6. The number of rotatable bonds is 5. The fraction of sp³-hybridized carbons (Fsp3) is 0.136. The zero-order chi connectivity index (χ0) is 18.4. The Morgan fingerprint density at radius 3 is 1.81 bits per heavy atom. The van der Waals surface area contributed by atoms with E-state index in [-0.39, 0.29) is 0 Å². The molecule has 0 amide bonds. The van der Waals surface area contributed by atoms with Gasteiger partial charge < -0.3 is 5.32 Å². The summed E-state index contributed by atoms with van der Waals surface area (Å²) >= 11 is 5.59. The standard InChI is InChI=1S/C22H23N3S/c1-17(2)20-15-9-10-16-21(20)23-22(26)24-25(18-11-5-3-6-12-18)19-13-7-4-8-14-19/h3-17H,1-2H3,(H2,23,24,26). The molecule has 4 heteroatoms. The molecule has 3 rings (SSSR count). The van der Waals surface area contributed by atoms with Crippen molar-refractivity contribution in [2.24, 2.45) is 0 Å². The van der Waals surface area contributed by atoms with Gasteiger partial charge in [-0.3, -0.25) is 10.4 Å². The number of para-hydroxylation sites is 3. The molecule has 0 aliphatic rings. The molecule has 3 nitrogen and oxygen atoms in total. The van der Waals surface area contributed by atoms with Gasteiger partial charge in [-0.1, -0.05) is 68.4 Å². The van der Waals surface area contributed by atoms with Gasteiger partial charge in [0.25, 0.3) is 0 Å². The number of hydrazine groups is 1. The summed E-state index contributed by atoms with van der Waals surface area (Å²) in [5.41, 5.74) is 7.61. The third-order valence-electron chi connectivity index (χ3n) is 4.07. The minimum Gasteiger partial charge on any atom is -0.331 e. The van der Waals surface area contributed by atoms with Crippen molar-refractivity contribution in [3.05, 3.63) is 90.5 Å². The average Bonchev–Trinajstić information content (AvgIpc) is 2.68. The highest BCUT2D eigenvalue weighted by molar-refractivity contribution is 7.80. The third-order valence-corrected chi connectivity index (χ3v) is 4.27. The molecule has 2 N–H and O–H groups in total. The minimum absolute atomic E-state index is 0.417. The van der Waals surface area contributed by atoms with Crippen LogP contribution in [-0.2, 0) is 0 Å². The Kier molecular flexibility index (Phi) is 5.87. The van der Waals surface area contributed by atoms with Crippen molar-refractivity contribution in [1.82, 2.24) is 5.43 Å². The highest BCUT2D eigenvalue weighted by atomic mass is 32.1. The molecule has 3 aromatic carbocycles. The number of nitrogens with zero attached hydrogens (tertiary/aromatic N) is 1. The van der Waals surface area contributed by atoms with Crippen molar-refractivity contribution in [3.63, 3.8) is 0 Å². The van der Waals surface area contributed by atoms with Gasteiger partial charge in [0.15, 0.2) is 5.11 Å². The molecule has 0 aliphatic carbocycles. The van der Waals surface area contributed by atoms with Gasteiger partial charge in [0.2, 0.25) is 0 Å². The van der Waals surface area contributed by atoms with Crippen LogP contribution in [0.2, 0.25) is 0 Å². The van der Waals surface area contributed by atoms with Crippen molar-refractivity contribution in [3.8, 4) is 0 Å². The summed E-state index contributed by atoms with van der Waals surface area (Å²) < 4.78 is 0. The van der Waals surface area contributed by atoms with Gasteiger partial charge in [-0.15, -0.1) is 0 Å². The molecule has 0 heterocycles. The Bertz CT molecular complexity index is 808. The van der Waals surface area contributed by atoms with Crippen molar-refractivity contribution in [1.29, 1.82) is 0 Å². The van der Waals surface area contributed by atoms with Crippen LogP contribution in [-0.4, -0.2) is 5.11 Å². The van der Waals surface area contributed by atoms with E-state index in [1.165, 1.54) is 5.56 Å². The van der Waals surface area contributed by atoms with Crippen LogP contribution < -0.4 is 15.8 Å². The summed E-state index contributed by atoms with van der Waals surface area (Å²) in [6, 6.07) is 28.5. The number of hydrogen-bond donors (Lipinski definition) is 2. The number of thiocarbonyl (C=S) groups is 1. The lowest BCUT2D eigenvalue weighted by molar-refractivity contribution is 0.868. The number of anilines is 3. The molecule has 132 valence electrons. The summed E-state index contributed by atoms with van der Waals surface area (Å²) in [7, 11) is 0. The van der Waals surface area contributed by atoms with E-state index in [4.69, 9.17) is 12.2 Å². The molecular formula is C22H23N3S. The highest BCUT2D eigenvalue weighted by Gasteiger charge is 2.12.